The van der Waals surface area contributed by atoms with E-state index in [-0.39, 0.29) is 16.3 Å². The van der Waals surface area contributed by atoms with E-state index in [1.807, 2.05) is 48.5 Å². The van der Waals surface area contributed by atoms with Crippen LogP contribution < -0.4 is 5.43 Å². The fourth-order valence-electron chi connectivity index (χ4n) is 4.23. The summed E-state index contributed by atoms with van der Waals surface area (Å²) in [6.45, 7) is 0.866. The van der Waals surface area contributed by atoms with Crippen molar-refractivity contribution in [2.24, 2.45) is 5.10 Å². The first kappa shape index (κ1) is 20.3. The number of sulfonamides is 1. The predicted molar refractivity (Wildman–Crippen MR) is 122 cm³/mol. The molecule has 1 N–H and O–H groups in total. The van der Waals surface area contributed by atoms with Gasteiger partial charge >= 0.3 is 0 Å². The summed E-state index contributed by atoms with van der Waals surface area (Å²) in [6.07, 6.45) is 1.59. The van der Waals surface area contributed by atoms with E-state index in [2.05, 4.69) is 10.5 Å². The largest absolute Gasteiger partial charge is 0.295 e. The third-order valence-electron chi connectivity index (χ3n) is 5.81. The number of rotatable bonds is 5. The number of hydrazone groups is 1. The first-order chi connectivity index (χ1) is 15.5. The van der Waals surface area contributed by atoms with Gasteiger partial charge in [-0.25, -0.2) is 8.42 Å². The smallest absolute Gasteiger partial charge is 0.271 e. The highest BCUT2D eigenvalue weighted by Crippen LogP contribution is 2.37. The first-order valence-electron chi connectivity index (χ1n) is 10.3. The molecule has 3 aromatic rings. The van der Waals surface area contributed by atoms with E-state index in [0.29, 0.717) is 18.8 Å². The fourth-order valence-corrected chi connectivity index (χ4v) is 5.76. The van der Waals surface area contributed by atoms with Crippen LogP contribution in [0.3, 0.4) is 0 Å². The Labute approximate surface area is 185 Å². The predicted octanol–water partition coefficient (Wildman–Crippen LogP) is 4.22. The van der Waals surface area contributed by atoms with Crippen molar-refractivity contribution < 1.29 is 13.3 Å². The molecular weight excluding hydrogens is 428 g/mol. The first-order valence-corrected chi connectivity index (χ1v) is 11.7. The van der Waals surface area contributed by atoms with Crippen LogP contribution in [0.4, 0.5) is 11.4 Å². The number of hydrogen-bond donors (Lipinski definition) is 1. The molecule has 2 aliphatic rings. The van der Waals surface area contributed by atoms with Gasteiger partial charge in [0.25, 0.3) is 5.69 Å². The van der Waals surface area contributed by atoms with Gasteiger partial charge in [-0.1, -0.05) is 48.5 Å². The van der Waals surface area contributed by atoms with Crippen LogP contribution in [0.2, 0.25) is 0 Å². The second kappa shape index (κ2) is 7.85. The summed E-state index contributed by atoms with van der Waals surface area (Å²) in [6, 6.07) is 19.6. The Hall–Kier alpha value is -3.56. The quantitative estimate of drug-likeness (QED) is 0.363. The van der Waals surface area contributed by atoms with Crippen LogP contribution in [-0.2, 0) is 10.0 Å². The minimum absolute atomic E-state index is 0.0825. The minimum Gasteiger partial charge on any atom is -0.271 e. The Morgan fingerprint density at radius 1 is 0.875 bits per heavy atom. The van der Waals surface area contributed by atoms with Gasteiger partial charge in [-0.2, -0.15) is 9.41 Å². The lowest BCUT2D eigenvalue weighted by Crippen LogP contribution is -2.27. The number of nitrogens with one attached hydrogen (secondary N) is 1. The Bertz CT molecular complexity index is 1310. The topological polar surface area (TPSA) is 105 Å². The molecule has 1 aliphatic carbocycles. The number of nitro benzene ring substituents is 1. The Morgan fingerprint density at radius 3 is 2.00 bits per heavy atom. The van der Waals surface area contributed by atoms with Crippen LogP contribution >= 0.6 is 0 Å². The van der Waals surface area contributed by atoms with Gasteiger partial charge in [0.15, 0.2) is 0 Å². The van der Waals surface area contributed by atoms with Crippen molar-refractivity contribution in [2.75, 3.05) is 18.5 Å². The Balaban J connectivity index is 1.53. The molecule has 5 rings (SSSR count). The summed E-state index contributed by atoms with van der Waals surface area (Å²) < 4.78 is 27.0. The summed E-state index contributed by atoms with van der Waals surface area (Å²) in [5, 5.41) is 16.2. The van der Waals surface area contributed by atoms with Gasteiger partial charge < -0.3 is 0 Å². The molecule has 0 amide bonds. The maximum Gasteiger partial charge on any atom is 0.295 e. The van der Waals surface area contributed by atoms with Crippen molar-refractivity contribution in [3.05, 3.63) is 88.0 Å². The third-order valence-corrected chi connectivity index (χ3v) is 7.71. The highest BCUT2D eigenvalue weighted by Gasteiger charge is 2.30. The van der Waals surface area contributed by atoms with E-state index in [0.717, 1.165) is 41.2 Å². The monoisotopic (exact) mass is 448 g/mol. The van der Waals surface area contributed by atoms with Gasteiger partial charge in [-0.15, -0.1) is 0 Å². The van der Waals surface area contributed by atoms with Crippen LogP contribution in [0.15, 0.2) is 76.7 Å². The summed E-state index contributed by atoms with van der Waals surface area (Å²) in [5.74, 6) is 0. The second-order valence-corrected chi connectivity index (χ2v) is 9.65. The molecule has 1 fully saturated rings. The molecule has 1 aliphatic heterocycles. The normalized spacial score (nSPS) is 15.3. The van der Waals surface area contributed by atoms with Gasteiger partial charge in [0.2, 0.25) is 10.0 Å². The van der Waals surface area contributed by atoms with Crippen LogP contribution in [-0.4, -0.2) is 36.4 Å². The molecule has 0 saturated carbocycles. The van der Waals surface area contributed by atoms with E-state index < -0.39 is 14.9 Å². The number of nitro groups is 1. The van der Waals surface area contributed by atoms with Crippen LogP contribution in [0, 0.1) is 10.1 Å². The second-order valence-electron chi connectivity index (χ2n) is 7.71. The molecule has 162 valence electrons. The standard InChI is InChI=1S/C23H20N4O4S/c28-27(29)22-15-16(32(30,31)26-13-5-6-14-26)11-12-21(22)24-25-23-19-9-3-1-7-17(19)18-8-2-4-10-20(18)23/h1-4,7-12,15,24H,5-6,13-14H2. The summed E-state index contributed by atoms with van der Waals surface area (Å²) in [4.78, 5) is 11.0. The van der Waals surface area contributed by atoms with E-state index in [4.69, 9.17) is 0 Å². The van der Waals surface area contributed by atoms with E-state index in [9.17, 15) is 18.5 Å². The number of benzene rings is 3. The molecule has 0 atom stereocenters. The maximum atomic E-state index is 12.8. The molecule has 1 saturated heterocycles. The molecule has 0 unspecified atom stereocenters. The average molecular weight is 449 g/mol. The lowest BCUT2D eigenvalue weighted by Gasteiger charge is -2.15. The zero-order valence-corrected chi connectivity index (χ0v) is 17.9. The number of fused-ring (bicyclic) bond motifs is 3. The molecule has 8 nitrogen and oxygen atoms in total. The van der Waals surface area contributed by atoms with Crippen molar-refractivity contribution in [3.63, 3.8) is 0 Å². The zero-order valence-electron chi connectivity index (χ0n) is 17.1. The molecule has 32 heavy (non-hydrogen) atoms. The van der Waals surface area contributed by atoms with Gasteiger partial charge in [-0.05, 0) is 36.1 Å². The minimum atomic E-state index is -3.76. The Morgan fingerprint density at radius 2 is 1.44 bits per heavy atom. The SMILES string of the molecule is O=[N+]([O-])c1cc(S(=O)(=O)N2CCCC2)ccc1NN=C1c2ccccc2-c2ccccc21. The van der Waals surface area contributed by atoms with E-state index in [1.165, 1.54) is 16.4 Å². The van der Waals surface area contributed by atoms with Crippen LogP contribution in [0.25, 0.3) is 11.1 Å². The molecule has 0 radical (unpaired) electrons. The number of nitrogens with zero attached hydrogens (tertiary/aromatic N) is 3. The number of anilines is 1. The van der Waals surface area contributed by atoms with Gasteiger partial charge in [-0.3, -0.25) is 15.5 Å². The highest BCUT2D eigenvalue weighted by atomic mass is 32.2. The van der Waals surface area contributed by atoms with Crippen LogP contribution in [0.1, 0.15) is 24.0 Å². The van der Waals surface area contributed by atoms with Gasteiger partial charge in [0, 0.05) is 30.3 Å². The van der Waals surface area contributed by atoms with Gasteiger partial charge in [0.05, 0.1) is 15.5 Å². The van der Waals surface area contributed by atoms with Crippen molar-refractivity contribution in [2.45, 2.75) is 17.7 Å². The average Bonchev–Trinajstić information content (AvgIpc) is 3.45. The summed E-state index contributed by atoms with van der Waals surface area (Å²) >= 11 is 0. The molecule has 0 spiro atoms. The van der Waals surface area contributed by atoms with Crippen molar-refractivity contribution in [3.8, 4) is 11.1 Å². The zero-order chi connectivity index (χ0) is 22.3. The molecule has 9 heteroatoms. The lowest BCUT2D eigenvalue weighted by molar-refractivity contribution is -0.384. The summed E-state index contributed by atoms with van der Waals surface area (Å²) in [7, 11) is -3.76. The highest BCUT2D eigenvalue weighted by molar-refractivity contribution is 7.89. The maximum absolute atomic E-state index is 12.8. The van der Waals surface area contributed by atoms with Crippen molar-refractivity contribution >= 4 is 27.1 Å². The van der Waals surface area contributed by atoms with Crippen LogP contribution in [0.5, 0.6) is 0 Å². The number of hydrogen-bond acceptors (Lipinski definition) is 6. The summed E-state index contributed by atoms with van der Waals surface area (Å²) in [5.41, 5.74) is 7.22. The third kappa shape index (κ3) is 3.35. The Kier molecular flexibility index (Phi) is 4.99. The molecular formula is C23H20N4O4S. The van der Waals surface area contributed by atoms with E-state index >= 15 is 0 Å². The molecule has 3 aromatic carbocycles. The van der Waals surface area contributed by atoms with Crippen molar-refractivity contribution in [1.82, 2.24) is 4.31 Å². The molecule has 1 heterocycles. The van der Waals surface area contributed by atoms with E-state index in [1.54, 1.807) is 0 Å². The van der Waals surface area contributed by atoms with Crippen molar-refractivity contribution in [1.29, 1.82) is 0 Å². The molecule has 0 aromatic heterocycles. The molecule has 0 bridgehead atoms. The van der Waals surface area contributed by atoms with Gasteiger partial charge in [0.1, 0.15) is 5.69 Å². The lowest BCUT2D eigenvalue weighted by atomic mass is 10.1. The fraction of sp³-hybridized carbons (Fsp3) is 0.174.